The minimum Gasteiger partial charge on any atom is -0.444 e. The maximum Gasteiger partial charge on any atom is 0.410 e. The van der Waals surface area contributed by atoms with Crippen LogP contribution in [-0.4, -0.2) is 89.8 Å². The normalized spacial score (nSPS) is 31.2. The van der Waals surface area contributed by atoms with E-state index in [0.29, 0.717) is 58.0 Å². The number of amides is 4. The second-order valence-electron chi connectivity index (χ2n) is 16.7. The van der Waals surface area contributed by atoms with Crippen LogP contribution in [-0.2, 0) is 48.7 Å². The number of fused-ring (bicyclic) bond motifs is 3. The Labute approximate surface area is 321 Å². The highest BCUT2D eigenvalue weighted by Gasteiger charge is 2.62. The molecule has 1 aromatic carbocycles. The smallest absolute Gasteiger partial charge is 0.410 e. The van der Waals surface area contributed by atoms with Crippen molar-refractivity contribution >= 4 is 33.8 Å². The van der Waals surface area contributed by atoms with Crippen LogP contribution in [0.4, 0.5) is 18.0 Å². The molecule has 3 heterocycles. The molecule has 6 atom stereocenters. The highest BCUT2D eigenvalue weighted by Crippen LogP contribution is 2.47. The predicted octanol–water partition coefficient (Wildman–Crippen LogP) is 4.98. The largest absolute Gasteiger partial charge is 0.444 e. The standard InChI is InChI=1S/C39H54F3N5O7S/c1-2-27-20-38(27,36(50)45-55(52,53)29-17-18-29)44-34(48)31-19-28-22-47(31)35(49)33(25-12-7-5-8-13-25)43-32(39(40,41)42)16-9-4-3-6-11-24-14-10-15-26-21-46(23-30(24)26)37(51)54-28/h10,14-15,25,27-29,31-33,43H,2-9,11-13,16-23H2,1H3,(H,44,48)(H,45,50)/t27-,28?,31+,32?,33+,38-/m1/s1. The fourth-order valence-electron chi connectivity index (χ4n) is 9.37. The van der Waals surface area contributed by atoms with Crippen LogP contribution < -0.4 is 15.4 Å². The first-order valence-corrected chi connectivity index (χ1v) is 21.8. The summed E-state index contributed by atoms with van der Waals surface area (Å²) in [7, 11) is -3.92. The Hall–Kier alpha value is -3.40. The van der Waals surface area contributed by atoms with E-state index in [1.165, 1.54) is 4.90 Å². The van der Waals surface area contributed by atoms with Crippen LogP contribution in [0.25, 0.3) is 0 Å². The lowest BCUT2D eigenvalue weighted by molar-refractivity contribution is -0.164. The van der Waals surface area contributed by atoms with Gasteiger partial charge in [-0.25, -0.2) is 13.2 Å². The molecule has 16 heteroatoms. The zero-order valence-corrected chi connectivity index (χ0v) is 32.3. The monoisotopic (exact) mass is 793 g/mol. The Morgan fingerprint density at radius 3 is 2.35 bits per heavy atom. The van der Waals surface area contributed by atoms with Crippen LogP contribution >= 0.6 is 0 Å². The highest BCUT2D eigenvalue weighted by atomic mass is 32.2. The quantitative estimate of drug-likeness (QED) is 0.350. The van der Waals surface area contributed by atoms with E-state index in [-0.39, 0.29) is 31.7 Å². The maximum absolute atomic E-state index is 14.8. The SMILES string of the molecule is CC[C@@H]1C[C@]1(NC(=O)[C@@H]1CC2CN1C(=O)[C@H](C1CCCCC1)NC(C(F)(F)F)CCCCCCc1cccc3c1CN(C3)C(=O)O2)C(=O)NS(=O)(=O)C1CC1. The molecular weight excluding hydrogens is 740 g/mol. The Morgan fingerprint density at radius 2 is 1.65 bits per heavy atom. The number of halogens is 3. The van der Waals surface area contributed by atoms with Crippen LogP contribution in [0.2, 0.25) is 0 Å². The molecule has 4 bridgehead atoms. The summed E-state index contributed by atoms with van der Waals surface area (Å²) in [6, 6.07) is 1.47. The van der Waals surface area contributed by atoms with Gasteiger partial charge in [-0.2, -0.15) is 13.2 Å². The predicted molar refractivity (Wildman–Crippen MR) is 196 cm³/mol. The van der Waals surface area contributed by atoms with Gasteiger partial charge in [0.25, 0.3) is 5.91 Å². The number of carbonyl (C=O) groups is 4. The number of alkyl halides is 3. The molecule has 6 aliphatic rings. The van der Waals surface area contributed by atoms with Crippen LogP contribution in [0.5, 0.6) is 0 Å². The number of aryl methyl sites for hydroxylation is 1. The first-order valence-electron chi connectivity index (χ1n) is 20.3. The summed E-state index contributed by atoms with van der Waals surface area (Å²) >= 11 is 0. The van der Waals surface area contributed by atoms with Gasteiger partial charge in [0.15, 0.2) is 0 Å². The lowest BCUT2D eigenvalue weighted by Gasteiger charge is -2.37. The number of hydrogen-bond donors (Lipinski definition) is 3. The summed E-state index contributed by atoms with van der Waals surface area (Å²) < 4.78 is 77.7. The van der Waals surface area contributed by atoms with Crippen molar-refractivity contribution < 1.29 is 45.5 Å². The van der Waals surface area contributed by atoms with E-state index in [0.717, 1.165) is 55.2 Å². The molecule has 0 spiro atoms. The number of sulfonamides is 1. The molecule has 0 aromatic heterocycles. The van der Waals surface area contributed by atoms with E-state index in [1.807, 2.05) is 25.1 Å². The van der Waals surface area contributed by atoms with Crippen LogP contribution in [0, 0.1) is 11.8 Å². The molecule has 7 rings (SSSR count). The molecule has 1 saturated heterocycles. The van der Waals surface area contributed by atoms with E-state index in [1.54, 1.807) is 4.90 Å². The molecule has 1 aromatic rings. The highest BCUT2D eigenvalue weighted by molar-refractivity contribution is 7.91. The zero-order chi connectivity index (χ0) is 39.1. The van der Waals surface area contributed by atoms with E-state index >= 15 is 0 Å². The topological polar surface area (TPSA) is 154 Å². The Morgan fingerprint density at radius 1 is 0.964 bits per heavy atom. The van der Waals surface area contributed by atoms with Crippen molar-refractivity contribution in [3.8, 4) is 0 Å². The molecular formula is C39H54F3N5O7S. The second-order valence-corrected chi connectivity index (χ2v) is 18.7. The van der Waals surface area contributed by atoms with Gasteiger partial charge in [-0.3, -0.25) is 29.3 Å². The third-order valence-electron chi connectivity index (χ3n) is 12.9. The minimum absolute atomic E-state index is 0.135. The fraction of sp³-hybridized carbons (Fsp3) is 0.744. The molecule has 3 N–H and O–H groups in total. The van der Waals surface area contributed by atoms with Crippen molar-refractivity contribution in [2.75, 3.05) is 6.54 Å². The molecule has 4 amide bonds. The molecule has 3 aliphatic carbocycles. The molecule has 304 valence electrons. The van der Waals surface area contributed by atoms with Gasteiger partial charge < -0.3 is 15.0 Å². The number of hydrogen-bond acceptors (Lipinski definition) is 8. The summed E-state index contributed by atoms with van der Waals surface area (Å²) in [5, 5.41) is 4.87. The number of carbonyl (C=O) groups excluding carboxylic acids is 4. The first-order chi connectivity index (χ1) is 26.2. The molecule has 12 nitrogen and oxygen atoms in total. The average molecular weight is 794 g/mol. The molecule has 4 fully saturated rings. The summed E-state index contributed by atoms with van der Waals surface area (Å²) in [6.45, 7) is 2.28. The average Bonchev–Trinajstić information content (AvgIpc) is 4.04. The van der Waals surface area contributed by atoms with Crippen molar-refractivity contribution in [3.05, 3.63) is 34.9 Å². The van der Waals surface area contributed by atoms with Crippen molar-refractivity contribution in [1.29, 1.82) is 0 Å². The maximum atomic E-state index is 14.8. The second kappa shape index (κ2) is 15.9. The molecule has 55 heavy (non-hydrogen) atoms. The number of nitrogens with one attached hydrogen (secondary N) is 3. The van der Waals surface area contributed by atoms with Crippen LogP contribution in [0.3, 0.4) is 0 Å². The van der Waals surface area contributed by atoms with E-state index < -0.39 is 81.0 Å². The summed E-state index contributed by atoms with van der Waals surface area (Å²) in [4.78, 5) is 59.2. The van der Waals surface area contributed by atoms with Crippen LogP contribution in [0.15, 0.2) is 18.2 Å². The van der Waals surface area contributed by atoms with Gasteiger partial charge in [0.05, 0.1) is 17.8 Å². The first kappa shape index (κ1) is 39.8. The Balaban J connectivity index is 1.19. The molecule has 3 aliphatic heterocycles. The summed E-state index contributed by atoms with van der Waals surface area (Å²) in [5.41, 5.74) is 1.61. The van der Waals surface area contributed by atoms with Gasteiger partial charge in [0, 0.05) is 19.5 Å². The van der Waals surface area contributed by atoms with E-state index in [4.69, 9.17) is 4.74 Å². The van der Waals surface area contributed by atoms with Gasteiger partial charge in [-0.05, 0) is 79.9 Å². The fourth-order valence-corrected chi connectivity index (χ4v) is 10.7. The Kier molecular flexibility index (Phi) is 11.5. The van der Waals surface area contributed by atoms with Gasteiger partial charge in [0.2, 0.25) is 21.8 Å². The van der Waals surface area contributed by atoms with Crippen molar-refractivity contribution in [3.63, 3.8) is 0 Å². The molecule has 2 unspecified atom stereocenters. The minimum atomic E-state index is -4.62. The molecule has 0 radical (unpaired) electrons. The van der Waals surface area contributed by atoms with E-state index in [2.05, 4.69) is 15.4 Å². The third-order valence-corrected chi connectivity index (χ3v) is 14.7. The van der Waals surface area contributed by atoms with Crippen molar-refractivity contribution in [2.45, 2.75) is 164 Å². The van der Waals surface area contributed by atoms with Gasteiger partial charge in [-0.1, -0.05) is 70.1 Å². The number of rotatable bonds is 7. The number of ether oxygens (including phenoxy) is 1. The molecule has 3 saturated carbocycles. The third kappa shape index (κ3) is 8.64. The lowest BCUT2D eigenvalue weighted by atomic mass is 9.82. The van der Waals surface area contributed by atoms with Crippen molar-refractivity contribution in [1.82, 2.24) is 25.2 Å². The van der Waals surface area contributed by atoms with Gasteiger partial charge in [-0.15, -0.1) is 0 Å². The summed E-state index contributed by atoms with van der Waals surface area (Å²) in [5.74, 6) is -3.01. The summed E-state index contributed by atoms with van der Waals surface area (Å²) in [6.07, 6.45) is 1.73. The van der Waals surface area contributed by atoms with Crippen LogP contribution in [0.1, 0.15) is 120 Å². The number of nitrogens with zero attached hydrogens (tertiary/aromatic N) is 2. The van der Waals surface area contributed by atoms with Crippen molar-refractivity contribution in [2.24, 2.45) is 11.8 Å². The number of benzene rings is 1. The van der Waals surface area contributed by atoms with Gasteiger partial charge in [0.1, 0.15) is 23.7 Å². The lowest BCUT2D eigenvalue weighted by Crippen LogP contribution is -2.61. The zero-order valence-electron chi connectivity index (χ0n) is 31.5. The van der Waals surface area contributed by atoms with E-state index in [9.17, 15) is 40.8 Å². The van der Waals surface area contributed by atoms with Gasteiger partial charge >= 0.3 is 12.3 Å². The Bertz CT molecular complexity index is 1750.